The molecule has 0 aromatic heterocycles. The van der Waals surface area contributed by atoms with Crippen molar-refractivity contribution in [1.29, 1.82) is 0 Å². The monoisotopic (exact) mass is 242 g/mol. The SMILES string of the molecule is CCC1(C(=O)NC(C)C(C)C(=O)O)CCNC1. The Morgan fingerprint density at radius 1 is 1.47 bits per heavy atom. The first kappa shape index (κ1) is 14.0. The van der Waals surface area contributed by atoms with E-state index in [0.29, 0.717) is 6.54 Å². The van der Waals surface area contributed by atoms with Gasteiger partial charge in [-0.25, -0.2) is 0 Å². The average Bonchev–Trinajstić information content (AvgIpc) is 2.77. The molecular weight excluding hydrogens is 220 g/mol. The number of nitrogens with one attached hydrogen (secondary N) is 2. The number of carbonyl (C=O) groups is 2. The summed E-state index contributed by atoms with van der Waals surface area (Å²) in [6.45, 7) is 6.88. The van der Waals surface area contributed by atoms with Crippen LogP contribution in [-0.4, -0.2) is 36.1 Å². The highest BCUT2D eigenvalue weighted by atomic mass is 16.4. The molecule has 0 saturated carbocycles. The third kappa shape index (κ3) is 2.97. The number of rotatable bonds is 5. The molecule has 1 aliphatic heterocycles. The van der Waals surface area contributed by atoms with E-state index in [1.807, 2.05) is 6.92 Å². The molecule has 0 aliphatic carbocycles. The molecule has 1 saturated heterocycles. The Kier molecular flexibility index (Phi) is 4.51. The number of carboxylic acid groups (broad SMARTS) is 1. The van der Waals surface area contributed by atoms with Crippen LogP contribution in [0.1, 0.15) is 33.6 Å². The molecule has 0 aromatic carbocycles. The van der Waals surface area contributed by atoms with Crippen molar-refractivity contribution in [1.82, 2.24) is 10.6 Å². The van der Waals surface area contributed by atoms with Crippen molar-refractivity contribution in [3.05, 3.63) is 0 Å². The summed E-state index contributed by atoms with van der Waals surface area (Å²) in [5, 5.41) is 14.9. The Morgan fingerprint density at radius 2 is 2.12 bits per heavy atom. The van der Waals surface area contributed by atoms with Crippen LogP contribution >= 0.6 is 0 Å². The summed E-state index contributed by atoms with van der Waals surface area (Å²) >= 11 is 0. The van der Waals surface area contributed by atoms with E-state index in [4.69, 9.17) is 5.11 Å². The van der Waals surface area contributed by atoms with Crippen molar-refractivity contribution < 1.29 is 14.7 Å². The van der Waals surface area contributed by atoms with Gasteiger partial charge < -0.3 is 15.7 Å². The van der Waals surface area contributed by atoms with E-state index in [0.717, 1.165) is 19.4 Å². The first-order chi connectivity index (χ1) is 7.93. The topological polar surface area (TPSA) is 78.4 Å². The summed E-state index contributed by atoms with van der Waals surface area (Å²) in [6.07, 6.45) is 1.60. The molecule has 98 valence electrons. The number of hydrogen-bond donors (Lipinski definition) is 3. The van der Waals surface area contributed by atoms with Crippen molar-refractivity contribution in [2.45, 2.75) is 39.7 Å². The second-order valence-electron chi connectivity index (χ2n) is 4.95. The van der Waals surface area contributed by atoms with Gasteiger partial charge >= 0.3 is 5.97 Å². The molecular formula is C12H22N2O3. The van der Waals surface area contributed by atoms with Gasteiger partial charge in [-0.2, -0.15) is 0 Å². The van der Waals surface area contributed by atoms with Crippen molar-refractivity contribution >= 4 is 11.9 Å². The number of carboxylic acids is 1. The lowest BCUT2D eigenvalue weighted by atomic mass is 9.83. The maximum atomic E-state index is 12.2. The fraction of sp³-hybridized carbons (Fsp3) is 0.833. The zero-order valence-electron chi connectivity index (χ0n) is 10.7. The predicted octanol–water partition coefficient (Wildman–Crippen LogP) is 0.601. The maximum absolute atomic E-state index is 12.2. The lowest BCUT2D eigenvalue weighted by Gasteiger charge is -2.28. The zero-order valence-corrected chi connectivity index (χ0v) is 10.7. The van der Waals surface area contributed by atoms with Crippen LogP contribution in [0.25, 0.3) is 0 Å². The lowest BCUT2D eigenvalue weighted by molar-refractivity contribution is -0.142. The molecule has 0 bridgehead atoms. The molecule has 1 heterocycles. The Balaban J connectivity index is 2.62. The summed E-state index contributed by atoms with van der Waals surface area (Å²) in [6, 6.07) is -0.343. The molecule has 5 nitrogen and oxygen atoms in total. The average molecular weight is 242 g/mol. The second-order valence-corrected chi connectivity index (χ2v) is 4.95. The van der Waals surface area contributed by atoms with Gasteiger partial charge in [-0.15, -0.1) is 0 Å². The van der Waals surface area contributed by atoms with Crippen LogP contribution in [0.3, 0.4) is 0 Å². The quantitative estimate of drug-likeness (QED) is 0.659. The molecule has 3 atom stereocenters. The van der Waals surface area contributed by atoms with Gasteiger partial charge in [-0.3, -0.25) is 9.59 Å². The van der Waals surface area contributed by atoms with Gasteiger partial charge in [0.05, 0.1) is 11.3 Å². The number of carbonyl (C=O) groups excluding carboxylic acids is 1. The number of amides is 1. The molecule has 0 spiro atoms. The van der Waals surface area contributed by atoms with Gasteiger partial charge in [0.15, 0.2) is 0 Å². The summed E-state index contributed by atoms with van der Waals surface area (Å²) in [5.41, 5.74) is -0.355. The summed E-state index contributed by atoms with van der Waals surface area (Å²) in [7, 11) is 0. The van der Waals surface area contributed by atoms with Crippen LogP contribution in [0.2, 0.25) is 0 Å². The molecule has 1 aliphatic rings. The Morgan fingerprint density at radius 3 is 2.53 bits per heavy atom. The smallest absolute Gasteiger partial charge is 0.308 e. The van der Waals surface area contributed by atoms with Crippen LogP contribution in [0.15, 0.2) is 0 Å². The van der Waals surface area contributed by atoms with Gasteiger partial charge in [0, 0.05) is 12.6 Å². The third-order valence-corrected chi connectivity index (χ3v) is 3.90. The summed E-state index contributed by atoms with van der Waals surface area (Å²) < 4.78 is 0. The normalized spacial score (nSPS) is 27.5. The number of aliphatic carboxylic acids is 1. The highest BCUT2D eigenvalue weighted by Gasteiger charge is 2.40. The minimum Gasteiger partial charge on any atom is -0.481 e. The molecule has 17 heavy (non-hydrogen) atoms. The van der Waals surface area contributed by atoms with E-state index in [1.54, 1.807) is 13.8 Å². The van der Waals surface area contributed by atoms with Crippen LogP contribution in [0, 0.1) is 11.3 Å². The van der Waals surface area contributed by atoms with Crippen LogP contribution in [0.5, 0.6) is 0 Å². The maximum Gasteiger partial charge on any atom is 0.308 e. The molecule has 0 aromatic rings. The van der Waals surface area contributed by atoms with Crippen molar-refractivity contribution in [2.75, 3.05) is 13.1 Å². The van der Waals surface area contributed by atoms with Crippen molar-refractivity contribution in [2.24, 2.45) is 11.3 Å². The fourth-order valence-electron chi connectivity index (χ4n) is 2.10. The first-order valence-electron chi connectivity index (χ1n) is 6.17. The third-order valence-electron chi connectivity index (χ3n) is 3.90. The fourth-order valence-corrected chi connectivity index (χ4v) is 2.10. The van der Waals surface area contributed by atoms with Gasteiger partial charge in [0.25, 0.3) is 0 Å². The highest BCUT2D eigenvalue weighted by Crippen LogP contribution is 2.29. The minimum atomic E-state index is -0.882. The van der Waals surface area contributed by atoms with Crippen LogP contribution < -0.4 is 10.6 Å². The van der Waals surface area contributed by atoms with E-state index in [1.165, 1.54) is 0 Å². The predicted molar refractivity (Wildman–Crippen MR) is 64.6 cm³/mol. The second kappa shape index (κ2) is 5.49. The standard InChI is InChI=1S/C12H22N2O3/c1-4-12(5-6-13-7-12)11(17)14-9(3)8(2)10(15)16/h8-9,13H,4-7H2,1-3H3,(H,14,17)(H,15,16). The van der Waals surface area contributed by atoms with E-state index in [-0.39, 0.29) is 17.4 Å². The van der Waals surface area contributed by atoms with Crippen molar-refractivity contribution in [3.8, 4) is 0 Å². The Hall–Kier alpha value is -1.10. The molecule has 5 heteroatoms. The Bertz CT molecular complexity index is 298. The lowest BCUT2D eigenvalue weighted by Crippen LogP contribution is -2.48. The van der Waals surface area contributed by atoms with E-state index >= 15 is 0 Å². The van der Waals surface area contributed by atoms with Crippen LogP contribution in [0.4, 0.5) is 0 Å². The molecule has 1 fully saturated rings. The Labute approximate surface area is 102 Å². The van der Waals surface area contributed by atoms with Gasteiger partial charge in [0.2, 0.25) is 5.91 Å². The summed E-state index contributed by atoms with van der Waals surface area (Å²) in [5.74, 6) is -1.47. The minimum absolute atomic E-state index is 0.0226. The molecule has 3 unspecified atom stereocenters. The van der Waals surface area contributed by atoms with Gasteiger partial charge in [-0.05, 0) is 33.2 Å². The van der Waals surface area contributed by atoms with Gasteiger partial charge in [-0.1, -0.05) is 6.92 Å². The first-order valence-corrected chi connectivity index (χ1v) is 6.17. The number of hydrogen-bond acceptors (Lipinski definition) is 3. The molecule has 1 amide bonds. The van der Waals surface area contributed by atoms with E-state index in [9.17, 15) is 9.59 Å². The van der Waals surface area contributed by atoms with Crippen LogP contribution in [-0.2, 0) is 9.59 Å². The zero-order chi connectivity index (χ0) is 13.1. The van der Waals surface area contributed by atoms with E-state index in [2.05, 4.69) is 10.6 Å². The van der Waals surface area contributed by atoms with Gasteiger partial charge in [0.1, 0.15) is 0 Å². The molecule has 3 N–H and O–H groups in total. The van der Waals surface area contributed by atoms with E-state index < -0.39 is 11.9 Å². The summed E-state index contributed by atoms with van der Waals surface area (Å²) in [4.78, 5) is 23.0. The molecule has 0 radical (unpaired) electrons. The van der Waals surface area contributed by atoms with Crippen molar-refractivity contribution in [3.63, 3.8) is 0 Å². The highest BCUT2D eigenvalue weighted by molar-refractivity contribution is 5.84. The largest absolute Gasteiger partial charge is 0.481 e. The molecule has 1 rings (SSSR count).